The first kappa shape index (κ1) is 16.5. The van der Waals surface area contributed by atoms with Gasteiger partial charge < -0.3 is 5.41 Å². The van der Waals surface area contributed by atoms with E-state index in [1.807, 2.05) is 6.07 Å². The molecule has 2 fully saturated rings. The lowest BCUT2D eigenvalue weighted by molar-refractivity contribution is 0.157. The molecule has 3 aliphatic rings. The third-order valence-electron chi connectivity index (χ3n) is 6.39. The summed E-state index contributed by atoms with van der Waals surface area (Å²) in [4.78, 5) is 6.48. The summed E-state index contributed by atoms with van der Waals surface area (Å²) < 4.78 is 0. The Morgan fingerprint density at radius 3 is 2.65 bits per heavy atom. The monoisotopic (exact) mass is 342 g/mol. The Morgan fingerprint density at radius 2 is 2.04 bits per heavy atom. The molecule has 1 aromatic rings. The van der Waals surface area contributed by atoms with E-state index < -0.39 is 17.3 Å². The summed E-state index contributed by atoms with van der Waals surface area (Å²) in [5, 5.41) is 38.4. The van der Waals surface area contributed by atoms with Gasteiger partial charge in [0, 0.05) is 36.3 Å². The maximum absolute atomic E-state index is 10.0. The van der Waals surface area contributed by atoms with Crippen molar-refractivity contribution in [1.82, 2.24) is 9.88 Å². The van der Waals surface area contributed by atoms with Crippen molar-refractivity contribution in [3.63, 3.8) is 0 Å². The molecule has 2 aliphatic heterocycles. The van der Waals surface area contributed by atoms with Gasteiger partial charge in [0.25, 0.3) is 0 Å². The van der Waals surface area contributed by atoms with Crippen LogP contribution in [-0.2, 0) is 0 Å². The summed E-state index contributed by atoms with van der Waals surface area (Å²) >= 11 is 0. The van der Waals surface area contributed by atoms with E-state index in [2.05, 4.69) is 41.2 Å². The molecular weight excluding hydrogens is 324 g/mol. The van der Waals surface area contributed by atoms with Crippen LogP contribution < -0.4 is 0 Å². The van der Waals surface area contributed by atoms with Crippen molar-refractivity contribution < 1.29 is 0 Å². The zero-order valence-corrected chi connectivity index (χ0v) is 14.4. The summed E-state index contributed by atoms with van der Waals surface area (Å²) in [6, 6.07) is 10.5. The van der Waals surface area contributed by atoms with Gasteiger partial charge in [0.1, 0.15) is 5.92 Å². The second-order valence-electron chi connectivity index (χ2n) is 7.34. The highest BCUT2D eigenvalue weighted by atomic mass is 15.2. The summed E-state index contributed by atoms with van der Waals surface area (Å²) in [6.45, 7) is 0. The molecule has 6 nitrogen and oxygen atoms in total. The molecule has 1 aliphatic carbocycles. The van der Waals surface area contributed by atoms with E-state index >= 15 is 0 Å². The minimum absolute atomic E-state index is 0.0923. The number of rotatable bonds is 1. The van der Waals surface area contributed by atoms with Crippen molar-refractivity contribution in [3.05, 3.63) is 41.7 Å². The number of fused-ring (bicyclic) bond motifs is 4. The van der Waals surface area contributed by atoms with Crippen LogP contribution in [0.3, 0.4) is 0 Å². The zero-order valence-electron chi connectivity index (χ0n) is 14.4. The minimum Gasteiger partial charge on any atom is -0.305 e. The first-order valence-corrected chi connectivity index (χ1v) is 8.73. The standard InChI is InChI=1S/C20H18N6/c1-26-13-4-5-16(26)17-14(7-13)15(8-21)19(24)20(10-22,11-23)18(17)12-3-2-6-25-9-12/h2-3,6-7,9,13,15-18,24H,4-5H2,1H3/t13-,15?,16+,17+,18+/m1/s1. The number of hydrogen-bond donors (Lipinski definition) is 1. The molecule has 2 bridgehead atoms. The fourth-order valence-electron chi connectivity index (χ4n) is 5.16. The zero-order chi connectivity index (χ0) is 18.5. The van der Waals surface area contributed by atoms with Gasteiger partial charge in [-0.1, -0.05) is 12.1 Å². The van der Waals surface area contributed by atoms with Gasteiger partial charge in [0.05, 0.1) is 23.9 Å². The number of nitrogens with one attached hydrogen (secondary N) is 1. The first-order valence-electron chi connectivity index (χ1n) is 8.73. The highest BCUT2D eigenvalue weighted by molar-refractivity contribution is 6.01. The normalized spacial score (nSPS) is 34.8. The Bertz CT molecular complexity index is 898. The van der Waals surface area contributed by atoms with Crippen LogP contribution in [0.25, 0.3) is 0 Å². The van der Waals surface area contributed by atoms with E-state index in [9.17, 15) is 15.8 Å². The lowest BCUT2D eigenvalue weighted by atomic mass is 9.53. The van der Waals surface area contributed by atoms with Crippen molar-refractivity contribution in [3.8, 4) is 18.2 Å². The van der Waals surface area contributed by atoms with Crippen LogP contribution in [0.15, 0.2) is 36.2 Å². The summed E-state index contributed by atoms with van der Waals surface area (Å²) in [6.07, 6.45) is 7.41. The van der Waals surface area contributed by atoms with Gasteiger partial charge >= 0.3 is 0 Å². The van der Waals surface area contributed by atoms with E-state index in [4.69, 9.17) is 5.41 Å². The lowest BCUT2D eigenvalue weighted by Crippen LogP contribution is -2.55. The lowest BCUT2D eigenvalue weighted by Gasteiger charge is -2.50. The van der Waals surface area contributed by atoms with Gasteiger partial charge in [-0.15, -0.1) is 0 Å². The SMILES string of the molecule is CN1[C@H]2C=C3C(C#N)C(=N)C(C#N)(C#N)[C@@H](c4cccnc4)[C@@H]3[C@@H]1CC2. The number of aromatic nitrogens is 1. The fourth-order valence-corrected chi connectivity index (χ4v) is 5.16. The molecule has 1 saturated carbocycles. The van der Waals surface area contributed by atoms with Crippen molar-refractivity contribution in [2.75, 3.05) is 7.05 Å². The Morgan fingerprint density at radius 1 is 1.27 bits per heavy atom. The molecule has 3 heterocycles. The molecule has 0 amide bonds. The van der Waals surface area contributed by atoms with E-state index in [-0.39, 0.29) is 23.7 Å². The molecule has 0 aromatic carbocycles. The van der Waals surface area contributed by atoms with Crippen molar-refractivity contribution in [2.45, 2.75) is 30.8 Å². The topological polar surface area (TPSA) is 111 Å². The number of nitriles is 3. The molecule has 5 atom stereocenters. The van der Waals surface area contributed by atoms with E-state index in [0.717, 1.165) is 24.0 Å². The number of pyridine rings is 1. The number of nitrogens with zero attached hydrogens (tertiary/aromatic N) is 5. The van der Waals surface area contributed by atoms with Gasteiger partial charge in [-0.05, 0) is 37.1 Å². The quantitative estimate of drug-likeness (QED) is 0.788. The average Bonchev–Trinajstić information content (AvgIpc) is 2.91. The van der Waals surface area contributed by atoms with Crippen molar-refractivity contribution in [2.24, 2.45) is 17.3 Å². The molecule has 1 saturated heterocycles. The fraction of sp³-hybridized carbons (Fsp3) is 0.450. The second kappa shape index (κ2) is 5.77. The minimum atomic E-state index is -1.65. The molecule has 1 aromatic heterocycles. The van der Waals surface area contributed by atoms with Crippen molar-refractivity contribution in [1.29, 1.82) is 21.2 Å². The molecular formula is C20H18N6. The van der Waals surface area contributed by atoms with Crippen LogP contribution in [0, 0.1) is 56.7 Å². The Labute approximate surface area is 152 Å². The third-order valence-corrected chi connectivity index (χ3v) is 6.39. The van der Waals surface area contributed by atoms with Crippen LogP contribution in [0.2, 0.25) is 0 Å². The highest BCUT2D eigenvalue weighted by Gasteiger charge is 2.61. The Kier molecular flexibility index (Phi) is 3.65. The Hall–Kier alpha value is -3.01. The Balaban J connectivity index is 2.00. The third kappa shape index (κ3) is 1.93. The average molecular weight is 342 g/mol. The molecule has 1 N–H and O–H groups in total. The summed E-state index contributed by atoms with van der Waals surface area (Å²) in [7, 11) is 2.07. The van der Waals surface area contributed by atoms with Gasteiger partial charge in [0.2, 0.25) is 0 Å². The van der Waals surface area contributed by atoms with Gasteiger partial charge in [-0.2, -0.15) is 15.8 Å². The largest absolute Gasteiger partial charge is 0.305 e. The number of likely N-dealkylation sites (N-methyl/N-ethyl adjacent to an activating group) is 1. The summed E-state index contributed by atoms with van der Waals surface area (Å²) in [5.41, 5.74) is -0.0448. The molecule has 0 radical (unpaired) electrons. The molecule has 128 valence electrons. The van der Waals surface area contributed by atoms with Crippen LogP contribution >= 0.6 is 0 Å². The highest BCUT2D eigenvalue weighted by Crippen LogP contribution is 2.57. The van der Waals surface area contributed by atoms with Crippen molar-refractivity contribution >= 4 is 5.71 Å². The van der Waals surface area contributed by atoms with E-state index in [1.165, 1.54) is 0 Å². The smallest absolute Gasteiger partial charge is 0.189 e. The maximum Gasteiger partial charge on any atom is 0.189 e. The van der Waals surface area contributed by atoms with Crippen LogP contribution in [-0.4, -0.2) is 34.7 Å². The summed E-state index contributed by atoms with van der Waals surface area (Å²) in [5.74, 6) is -1.44. The molecule has 4 rings (SSSR count). The molecule has 1 unspecified atom stereocenters. The van der Waals surface area contributed by atoms with Crippen LogP contribution in [0.1, 0.15) is 24.3 Å². The van der Waals surface area contributed by atoms with Crippen LogP contribution in [0.5, 0.6) is 0 Å². The van der Waals surface area contributed by atoms with Gasteiger partial charge in [-0.3, -0.25) is 9.88 Å². The predicted octanol–water partition coefficient (Wildman–Crippen LogP) is 2.39. The number of hydrogen-bond acceptors (Lipinski definition) is 6. The van der Waals surface area contributed by atoms with E-state index in [1.54, 1.807) is 18.5 Å². The van der Waals surface area contributed by atoms with Gasteiger partial charge in [-0.25, -0.2) is 0 Å². The molecule has 26 heavy (non-hydrogen) atoms. The molecule has 6 heteroatoms. The predicted molar refractivity (Wildman–Crippen MR) is 93.6 cm³/mol. The van der Waals surface area contributed by atoms with E-state index in [0.29, 0.717) is 0 Å². The van der Waals surface area contributed by atoms with Crippen LogP contribution in [0.4, 0.5) is 0 Å². The second-order valence-corrected chi connectivity index (χ2v) is 7.34. The molecule has 0 spiro atoms. The maximum atomic E-state index is 10.0. The first-order chi connectivity index (χ1) is 12.6. The van der Waals surface area contributed by atoms with Gasteiger partial charge in [0.15, 0.2) is 5.41 Å².